The summed E-state index contributed by atoms with van der Waals surface area (Å²) in [6.45, 7) is 8.28. The summed E-state index contributed by atoms with van der Waals surface area (Å²) >= 11 is 0. The van der Waals surface area contributed by atoms with E-state index in [1.807, 2.05) is 6.92 Å². The van der Waals surface area contributed by atoms with Crippen LogP contribution in [0.15, 0.2) is 0 Å². The first-order valence-electron chi connectivity index (χ1n) is 3.54. The summed E-state index contributed by atoms with van der Waals surface area (Å²) in [5.41, 5.74) is 5.62. The van der Waals surface area contributed by atoms with Gasteiger partial charge in [0, 0.05) is 6.04 Å². The van der Waals surface area contributed by atoms with Gasteiger partial charge < -0.3 is 5.73 Å². The van der Waals surface area contributed by atoms with Gasteiger partial charge in [-0.25, -0.2) is 0 Å². The average Bonchev–Trinajstić information content (AvgIpc) is 1.63. The molecule has 56 valence electrons. The number of rotatable bonds is 3. The van der Waals surface area contributed by atoms with Crippen molar-refractivity contribution in [2.75, 3.05) is 0 Å². The van der Waals surface area contributed by atoms with Gasteiger partial charge in [0.05, 0.1) is 5.66 Å². The third kappa shape index (κ3) is 4.43. The first-order valence-corrected chi connectivity index (χ1v) is 3.54. The summed E-state index contributed by atoms with van der Waals surface area (Å²) in [5.74, 6) is 0. The number of hydrogen-bond acceptors (Lipinski definition) is 2. The van der Waals surface area contributed by atoms with Crippen LogP contribution >= 0.6 is 0 Å². The monoisotopic (exact) mass is 130 g/mol. The summed E-state index contributed by atoms with van der Waals surface area (Å²) < 4.78 is 0. The normalized spacial score (nSPS) is 18.0. The molecule has 0 heterocycles. The van der Waals surface area contributed by atoms with E-state index < -0.39 is 0 Å². The first kappa shape index (κ1) is 8.92. The molecular formula is C7H18N2. The predicted molar refractivity (Wildman–Crippen MR) is 41.2 cm³/mol. The van der Waals surface area contributed by atoms with Crippen molar-refractivity contribution in [3.05, 3.63) is 0 Å². The van der Waals surface area contributed by atoms with Crippen molar-refractivity contribution in [2.45, 2.75) is 45.8 Å². The molecule has 0 radical (unpaired) electrons. The van der Waals surface area contributed by atoms with Crippen molar-refractivity contribution in [2.24, 2.45) is 5.73 Å². The van der Waals surface area contributed by atoms with Crippen LogP contribution in [0.25, 0.3) is 0 Å². The molecule has 9 heavy (non-hydrogen) atoms. The summed E-state index contributed by atoms with van der Waals surface area (Å²) in [6.07, 6.45) is 0.963. The molecule has 0 saturated heterocycles. The second-order valence-electron chi connectivity index (χ2n) is 3.07. The van der Waals surface area contributed by atoms with E-state index in [1.165, 1.54) is 0 Å². The van der Waals surface area contributed by atoms with Gasteiger partial charge >= 0.3 is 0 Å². The zero-order valence-electron chi connectivity index (χ0n) is 6.86. The lowest BCUT2D eigenvalue weighted by Gasteiger charge is -2.26. The van der Waals surface area contributed by atoms with E-state index in [0.29, 0.717) is 6.04 Å². The van der Waals surface area contributed by atoms with Crippen molar-refractivity contribution >= 4 is 0 Å². The van der Waals surface area contributed by atoms with Crippen LogP contribution in [0, 0.1) is 0 Å². The van der Waals surface area contributed by atoms with Crippen LogP contribution in [0.2, 0.25) is 0 Å². The molecule has 0 rings (SSSR count). The molecule has 0 aliphatic carbocycles. The molecule has 0 aliphatic heterocycles. The highest BCUT2D eigenvalue weighted by molar-refractivity contribution is 4.74. The van der Waals surface area contributed by atoms with Gasteiger partial charge in [0.1, 0.15) is 0 Å². The van der Waals surface area contributed by atoms with E-state index >= 15 is 0 Å². The molecule has 2 heteroatoms. The standard InChI is InChI=1S/C7H18N2/c1-5-7(4,8)9-6(2)3/h6,9H,5,8H2,1-4H3. The molecule has 0 aromatic heterocycles. The molecule has 0 bridgehead atoms. The highest BCUT2D eigenvalue weighted by atomic mass is 15.1. The van der Waals surface area contributed by atoms with Crippen LogP contribution in [-0.4, -0.2) is 11.7 Å². The highest BCUT2D eigenvalue weighted by Gasteiger charge is 2.14. The smallest absolute Gasteiger partial charge is 0.0632 e. The van der Waals surface area contributed by atoms with Crippen molar-refractivity contribution < 1.29 is 0 Å². The Morgan fingerprint density at radius 2 is 2.00 bits per heavy atom. The van der Waals surface area contributed by atoms with E-state index in [4.69, 9.17) is 5.73 Å². The molecule has 2 nitrogen and oxygen atoms in total. The van der Waals surface area contributed by atoms with Crippen LogP contribution in [-0.2, 0) is 0 Å². The zero-order chi connectivity index (χ0) is 7.49. The fraction of sp³-hybridized carbons (Fsp3) is 1.00. The maximum Gasteiger partial charge on any atom is 0.0632 e. The predicted octanol–water partition coefficient (Wildman–Crippen LogP) is 1.07. The van der Waals surface area contributed by atoms with Crippen LogP contribution in [0.5, 0.6) is 0 Å². The Morgan fingerprint density at radius 3 is 2.11 bits per heavy atom. The Morgan fingerprint density at radius 1 is 1.56 bits per heavy atom. The maximum absolute atomic E-state index is 5.81. The Balaban J connectivity index is 3.58. The molecule has 0 aromatic rings. The van der Waals surface area contributed by atoms with Gasteiger partial charge in [0.15, 0.2) is 0 Å². The van der Waals surface area contributed by atoms with E-state index in [0.717, 1.165) is 6.42 Å². The first-order chi connectivity index (χ1) is 3.98. The maximum atomic E-state index is 5.81. The summed E-state index contributed by atoms with van der Waals surface area (Å²) in [7, 11) is 0. The van der Waals surface area contributed by atoms with Crippen molar-refractivity contribution in [1.82, 2.24) is 5.32 Å². The summed E-state index contributed by atoms with van der Waals surface area (Å²) in [5, 5.41) is 3.25. The highest BCUT2D eigenvalue weighted by Crippen LogP contribution is 1.99. The molecule has 0 aliphatic rings. The van der Waals surface area contributed by atoms with E-state index in [2.05, 4.69) is 26.1 Å². The number of hydrogen-bond donors (Lipinski definition) is 2. The van der Waals surface area contributed by atoms with E-state index in [-0.39, 0.29) is 5.66 Å². The largest absolute Gasteiger partial charge is 0.314 e. The lowest BCUT2D eigenvalue weighted by atomic mass is 10.1. The minimum atomic E-state index is -0.186. The van der Waals surface area contributed by atoms with Crippen LogP contribution in [0.3, 0.4) is 0 Å². The quantitative estimate of drug-likeness (QED) is 0.561. The SMILES string of the molecule is CCC(C)(N)NC(C)C. The number of nitrogens with two attached hydrogens (primary N) is 1. The second-order valence-corrected chi connectivity index (χ2v) is 3.07. The van der Waals surface area contributed by atoms with Gasteiger partial charge in [0.2, 0.25) is 0 Å². The van der Waals surface area contributed by atoms with Gasteiger partial charge in [-0.3, -0.25) is 5.32 Å². The minimum Gasteiger partial charge on any atom is -0.314 e. The van der Waals surface area contributed by atoms with Gasteiger partial charge in [-0.1, -0.05) is 6.92 Å². The van der Waals surface area contributed by atoms with Crippen LogP contribution < -0.4 is 11.1 Å². The Labute approximate surface area is 57.8 Å². The molecule has 0 fully saturated rings. The topological polar surface area (TPSA) is 38.0 Å². The average molecular weight is 130 g/mol. The van der Waals surface area contributed by atoms with Crippen LogP contribution in [0.4, 0.5) is 0 Å². The van der Waals surface area contributed by atoms with Gasteiger partial charge in [-0.2, -0.15) is 0 Å². The van der Waals surface area contributed by atoms with Crippen LogP contribution in [0.1, 0.15) is 34.1 Å². The molecule has 0 aromatic carbocycles. The molecule has 0 amide bonds. The lowest BCUT2D eigenvalue weighted by Crippen LogP contribution is -2.52. The van der Waals surface area contributed by atoms with E-state index in [9.17, 15) is 0 Å². The van der Waals surface area contributed by atoms with Crippen molar-refractivity contribution in [3.63, 3.8) is 0 Å². The Hall–Kier alpha value is -0.0800. The fourth-order valence-electron chi connectivity index (χ4n) is 0.762. The van der Waals surface area contributed by atoms with Crippen molar-refractivity contribution in [3.8, 4) is 0 Å². The summed E-state index contributed by atoms with van der Waals surface area (Å²) in [6, 6.07) is 0.472. The summed E-state index contributed by atoms with van der Waals surface area (Å²) in [4.78, 5) is 0. The molecule has 0 saturated carbocycles. The van der Waals surface area contributed by atoms with Gasteiger partial charge in [-0.15, -0.1) is 0 Å². The molecule has 1 atom stereocenters. The third-order valence-electron chi connectivity index (χ3n) is 1.35. The second kappa shape index (κ2) is 3.18. The van der Waals surface area contributed by atoms with Gasteiger partial charge in [0.25, 0.3) is 0 Å². The minimum absolute atomic E-state index is 0.186. The molecule has 3 N–H and O–H groups in total. The van der Waals surface area contributed by atoms with Gasteiger partial charge in [-0.05, 0) is 27.2 Å². The molecule has 1 unspecified atom stereocenters. The molecule has 0 spiro atoms. The Bertz CT molecular complexity index is 77.0. The zero-order valence-corrected chi connectivity index (χ0v) is 6.86. The number of nitrogens with one attached hydrogen (secondary N) is 1. The lowest BCUT2D eigenvalue weighted by molar-refractivity contribution is 0.326. The molecular weight excluding hydrogens is 112 g/mol. The fourth-order valence-corrected chi connectivity index (χ4v) is 0.762. The Kier molecular flexibility index (Phi) is 3.15. The van der Waals surface area contributed by atoms with Crippen molar-refractivity contribution in [1.29, 1.82) is 0 Å². The van der Waals surface area contributed by atoms with E-state index in [1.54, 1.807) is 0 Å². The third-order valence-corrected chi connectivity index (χ3v) is 1.35.